The molecule has 1 fully saturated rings. The third kappa shape index (κ3) is 4.10. The van der Waals surface area contributed by atoms with E-state index in [0.717, 1.165) is 54.6 Å². The van der Waals surface area contributed by atoms with Crippen LogP contribution in [0.2, 0.25) is 0 Å². The first-order valence-electron chi connectivity index (χ1n) is 7.49. The Labute approximate surface area is 137 Å². The maximum atomic E-state index is 12.6. The lowest BCUT2D eigenvalue weighted by Crippen LogP contribution is -2.48. The van der Waals surface area contributed by atoms with Crippen molar-refractivity contribution < 1.29 is 13.2 Å². The Kier molecular flexibility index (Phi) is 4.70. The first kappa shape index (κ1) is 16.4. The maximum absolute atomic E-state index is 12.6. The molecule has 124 valence electrons. The molecule has 1 N–H and O–H groups in total. The summed E-state index contributed by atoms with van der Waals surface area (Å²) < 4.78 is 37.8. The van der Waals surface area contributed by atoms with Crippen molar-refractivity contribution in [1.82, 2.24) is 15.2 Å². The maximum Gasteiger partial charge on any atom is 0.416 e. The molecule has 1 aliphatic heterocycles. The summed E-state index contributed by atoms with van der Waals surface area (Å²) in [5.74, 6) is 0. The van der Waals surface area contributed by atoms with E-state index in [1.165, 1.54) is 23.5 Å². The predicted octanol–water partition coefficient (Wildman–Crippen LogP) is 3.62. The van der Waals surface area contributed by atoms with Gasteiger partial charge in [0.15, 0.2) is 0 Å². The van der Waals surface area contributed by atoms with Crippen LogP contribution in [0.5, 0.6) is 0 Å². The van der Waals surface area contributed by atoms with E-state index in [-0.39, 0.29) is 0 Å². The molecule has 23 heavy (non-hydrogen) atoms. The molecule has 2 heterocycles. The highest BCUT2D eigenvalue weighted by atomic mass is 32.1. The molecule has 0 saturated carbocycles. The number of nitrogens with zero attached hydrogens (tertiary/aromatic N) is 2. The molecule has 1 aromatic carbocycles. The van der Waals surface area contributed by atoms with E-state index in [1.54, 1.807) is 0 Å². The van der Waals surface area contributed by atoms with Crippen LogP contribution in [0.25, 0.3) is 10.6 Å². The van der Waals surface area contributed by atoms with Gasteiger partial charge in [-0.2, -0.15) is 13.2 Å². The smallest absolute Gasteiger partial charge is 0.312 e. The zero-order chi connectivity index (χ0) is 16.4. The number of rotatable bonds is 3. The fraction of sp³-hybridized carbons (Fsp3) is 0.438. The molecule has 0 aliphatic carbocycles. The fourth-order valence-electron chi connectivity index (χ4n) is 2.70. The molecular weight excluding hydrogens is 323 g/mol. The molecule has 0 spiro atoms. The van der Waals surface area contributed by atoms with Crippen LogP contribution in [-0.4, -0.2) is 35.6 Å². The van der Waals surface area contributed by atoms with Gasteiger partial charge in [-0.05, 0) is 19.1 Å². The predicted molar refractivity (Wildman–Crippen MR) is 85.3 cm³/mol. The van der Waals surface area contributed by atoms with Gasteiger partial charge in [0, 0.05) is 43.2 Å². The molecule has 1 aliphatic rings. The van der Waals surface area contributed by atoms with Crippen molar-refractivity contribution in [2.24, 2.45) is 0 Å². The van der Waals surface area contributed by atoms with E-state index in [2.05, 4.69) is 22.1 Å². The van der Waals surface area contributed by atoms with Gasteiger partial charge >= 0.3 is 6.18 Å². The van der Waals surface area contributed by atoms with Crippen LogP contribution >= 0.6 is 11.3 Å². The second-order valence-corrected chi connectivity index (χ2v) is 6.67. The summed E-state index contributed by atoms with van der Waals surface area (Å²) in [6.07, 6.45) is -4.30. The average molecular weight is 341 g/mol. The van der Waals surface area contributed by atoms with Crippen LogP contribution in [0.1, 0.15) is 18.2 Å². The van der Waals surface area contributed by atoms with E-state index < -0.39 is 11.7 Å². The van der Waals surface area contributed by atoms with Gasteiger partial charge in [-0.1, -0.05) is 12.1 Å². The van der Waals surface area contributed by atoms with Gasteiger partial charge in [0.05, 0.1) is 11.3 Å². The van der Waals surface area contributed by atoms with Crippen LogP contribution in [-0.2, 0) is 12.7 Å². The van der Waals surface area contributed by atoms with Crippen LogP contribution in [0, 0.1) is 0 Å². The van der Waals surface area contributed by atoms with E-state index in [9.17, 15) is 13.2 Å². The Morgan fingerprint density at radius 3 is 2.70 bits per heavy atom. The molecule has 0 radical (unpaired) electrons. The van der Waals surface area contributed by atoms with Crippen LogP contribution in [0.15, 0.2) is 29.6 Å². The molecule has 3 rings (SSSR count). The number of aromatic nitrogens is 1. The number of piperazine rings is 1. The Morgan fingerprint density at radius 2 is 2.04 bits per heavy atom. The molecule has 1 atom stereocenters. The molecule has 7 heteroatoms. The second kappa shape index (κ2) is 6.59. The summed E-state index contributed by atoms with van der Waals surface area (Å²) in [6, 6.07) is 5.65. The van der Waals surface area contributed by atoms with E-state index in [4.69, 9.17) is 0 Å². The second-order valence-electron chi connectivity index (χ2n) is 5.81. The van der Waals surface area contributed by atoms with Gasteiger partial charge in [-0.25, -0.2) is 4.98 Å². The Hall–Kier alpha value is -1.44. The van der Waals surface area contributed by atoms with Crippen molar-refractivity contribution in [3.8, 4) is 10.6 Å². The zero-order valence-corrected chi connectivity index (χ0v) is 13.5. The molecule has 1 saturated heterocycles. The lowest BCUT2D eigenvalue weighted by molar-refractivity contribution is -0.137. The summed E-state index contributed by atoms with van der Waals surface area (Å²) >= 11 is 1.47. The van der Waals surface area contributed by atoms with Crippen molar-refractivity contribution in [3.05, 3.63) is 40.9 Å². The highest BCUT2D eigenvalue weighted by molar-refractivity contribution is 7.13. The molecule has 1 aromatic heterocycles. The van der Waals surface area contributed by atoms with Crippen LogP contribution in [0.4, 0.5) is 13.2 Å². The van der Waals surface area contributed by atoms with Gasteiger partial charge in [0.1, 0.15) is 5.01 Å². The largest absolute Gasteiger partial charge is 0.416 e. The number of hydrogen-bond acceptors (Lipinski definition) is 4. The van der Waals surface area contributed by atoms with E-state index in [1.807, 2.05) is 5.38 Å². The summed E-state index contributed by atoms with van der Waals surface area (Å²) in [6.45, 7) is 5.87. The summed E-state index contributed by atoms with van der Waals surface area (Å²) in [5, 5.41) is 6.14. The third-order valence-corrected chi connectivity index (χ3v) is 4.79. The van der Waals surface area contributed by atoms with Crippen LogP contribution < -0.4 is 5.32 Å². The van der Waals surface area contributed by atoms with Gasteiger partial charge in [-0.3, -0.25) is 4.90 Å². The zero-order valence-electron chi connectivity index (χ0n) is 12.7. The molecule has 0 bridgehead atoms. The van der Waals surface area contributed by atoms with E-state index in [0.29, 0.717) is 6.04 Å². The molecule has 3 nitrogen and oxygen atoms in total. The SMILES string of the molecule is CC1CN(Cc2csc(-c3ccc(C(F)(F)F)cc3)n2)CCN1. The number of nitrogens with one attached hydrogen (secondary N) is 1. The number of benzene rings is 1. The number of alkyl halides is 3. The van der Waals surface area contributed by atoms with Crippen molar-refractivity contribution >= 4 is 11.3 Å². The van der Waals surface area contributed by atoms with Crippen molar-refractivity contribution in [2.75, 3.05) is 19.6 Å². The Bertz CT molecular complexity index is 651. The summed E-state index contributed by atoms with van der Waals surface area (Å²) in [4.78, 5) is 6.91. The Balaban J connectivity index is 1.69. The van der Waals surface area contributed by atoms with Gasteiger partial charge in [0.2, 0.25) is 0 Å². The lowest BCUT2D eigenvalue weighted by Gasteiger charge is -2.31. The third-order valence-electron chi connectivity index (χ3n) is 3.85. The minimum absolute atomic E-state index is 0.469. The number of halogens is 3. The minimum Gasteiger partial charge on any atom is -0.312 e. The quantitative estimate of drug-likeness (QED) is 0.924. The van der Waals surface area contributed by atoms with Crippen molar-refractivity contribution in [3.63, 3.8) is 0 Å². The number of thiazole rings is 1. The topological polar surface area (TPSA) is 28.2 Å². The average Bonchev–Trinajstić information content (AvgIpc) is 2.95. The molecule has 0 amide bonds. The van der Waals surface area contributed by atoms with Crippen LogP contribution in [0.3, 0.4) is 0 Å². The molecule has 1 unspecified atom stereocenters. The fourth-order valence-corrected chi connectivity index (χ4v) is 3.52. The van der Waals surface area contributed by atoms with Gasteiger partial charge < -0.3 is 5.32 Å². The van der Waals surface area contributed by atoms with Crippen molar-refractivity contribution in [2.45, 2.75) is 25.7 Å². The molecule has 2 aromatic rings. The first-order valence-corrected chi connectivity index (χ1v) is 8.37. The highest BCUT2D eigenvalue weighted by Crippen LogP contribution is 2.31. The normalized spacial score (nSPS) is 19.9. The first-order chi connectivity index (χ1) is 10.9. The minimum atomic E-state index is -4.30. The Morgan fingerprint density at radius 1 is 1.30 bits per heavy atom. The lowest BCUT2D eigenvalue weighted by atomic mass is 10.1. The highest BCUT2D eigenvalue weighted by Gasteiger charge is 2.30. The van der Waals surface area contributed by atoms with E-state index >= 15 is 0 Å². The monoisotopic (exact) mass is 341 g/mol. The standard InChI is InChI=1S/C16H18F3N3S/c1-11-8-22(7-6-20-11)9-14-10-23-15(21-14)12-2-4-13(5-3-12)16(17,18)19/h2-5,10-11,20H,6-9H2,1H3. The van der Waals surface area contributed by atoms with Crippen molar-refractivity contribution in [1.29, 1.82) is 0 Å². The number of hydrogen-bond donors (Lipinski definition) is 1. The summed E-state index contributed by atoms with van der Waals surface area (Å²) in [5.41, 5.74) is 1.06. The van der Waals surface area contributed by atoms with Gasteiger partial charge in [-0.15, -0.1) is 11.3 Å². The molecular formula is C16H18F3N3S. The summed E-state index contributed by atoms with van der Waals surface area (Å²) in [7, 11) is 0. The van der Waals surface area contributed by atoms with Gasteiger partial charge in [0.25, 0.3) is 0 Å².